The number of azide groups is 1. The van der Waals surface area contributed by atoms with Crippen LogP contribution < -0.4 is 31.9 Å². The molecular weight excluding hydrogens is 662 g/mol. The number of rotatable bonds is 17. The lowest BCUT2D eigenvalue weighted by molar-refractivity contribution is -0.146. The second kappa shape index (κ2) is 19.2. The standard InChI is InChI=1S/C24H43N11O6P4/c1-12(36)8-17(13(2)37)30-19(38)11-28-21(39)16(4-3-7-27-24(25)32-42)31-22(40)18-6-5-15-9-14(10-29-34-26)20(33-45(43)44)23(41)35(15)18/h14-18,20,33H,3-11,42-44H2,1-2H3,(H,28,39)(H,30,38)(H,31,40)(H3,25,27,32)/t14-,15-,16-,17-,18-,20+/m0/s1. The lowest BCUT2D eigenvalue weighted by atomic mass is 9.87. The molecule has 2 fully saturated rings. The van der Waals surface area contributed by atoms with Crippen molar-refractivity contribution in [3.8, 4) is 0 Å². The molecule has 0 bridgehead atoms. The van der Waals surface area contributed by atoms with Crippen molar-refractivity contribution in [3.63, 3.8) is 0 Å². The minimum absolute atomic E-state index is 0.149. The summed E-state index contributed by atoms with van der Waals surface area (Å²) in [5.74, 6) is -2.81. The van der Waals surface area contributed by atoms with Crippen molar-refractivity contribution in [2.75, 3.05) is 19.6 Å². The largest absolute Gasteiger partial charge is 0.370 e. The van der Waals surface area contributed by atoms with Crippen LogP contribution in [0, 0.1) is 5.92 Å². The van der Waals surface area contributed by atoms with Crippen molar-refractivity contribution in [1.29, 1.82) is 0 Å². The van der Waals surface area contributed by atoms with E-state index in [1.165, 1.54) is 13.8 Å². The van der Waals surface area contributed by atoms with Crippen LogP contribution in [0.15, 0.2) is 10.1 Å². The maximum atomic E-state index is 13.7. The van der Waals surface area contributed by atoms with E-state index in [0.717, 1.165) is 0 Å². The summed E-state index contributed by atoms with van der Waals surface area (Å²) in [7, 11) is 6.56. The molecule has 17 nitrogen and oxygen atoms in total. The van der Waals surface area contributed by atoms with Gasteiger partial charge in [0.25, 0.3) is 0 Å². The number of nitrogens with two attached hydrogens (primary N) is 1. The molecule has 250 valence electrons. The molecule has 0 aromatic carbocycles. The molecule has 0 saturated carbocycles. The van der Waals surface area contributed by atoms with Gasteiger partial charge in [0.15, 0.2) is 11.7 Å². The van der Waals surface area contributed by atoms with Crippen LogP contribution in [-0.4, -0.2) is 95.9 Å². The number of nitrogens with zero attached hydrogens (tertiary/aromatic N) is 5. The first-order valence-electron chi connectivity index (χ1n) is 14.3. The summed E-state index contributed by atoms with van der Waals surface area (Å²) < 4.78 is 0. The van der Waals surface area contributed by atoms with E-state index >= 15 is 0 Å². The Morgan fingerprint density at radius 1 is 1.16 bits per heavy atom. The van der Waals surface area contributed by atoms with Gasteiger partial charge in [-0.2, -0.15) is 0 Å². The van der Waals surface area contributed by atoms with Crippen LogP contribution in [0.3, 0.4) is 0 Å². The second-order valence-corrected chi connectivity index (χ2v) is 17.4. The maximum Gasteiger partial charge on any atom is 0.243 e. The Morgan fingerprint density at radius 3 is 2.47 bits per heavy atom. The number of carbonyl (C=O) groups is 6. The van der Waals surface area contributed by atoms with Gasteiger partial charge in [0.1, 0.15) is 17.9 Å². The van der Waals surface area contributed by atoms with E-state index in [1.54, 1.807) is 4.90 Å². The zero-order chi connectivity index (χ0) is 33.7. The Morgan fingerprint density at radius 2 is 1.87 bits per heavy atom. The highest BCUT2D eigenvalue weighted by Crippen LogP contribution is 2.50. The lowest BCUT2D eigenvalue weighted by Crippen LogP contribution is -2.61. The third kappa shape index (κ3) is 12.3. The Bertz CT molecular complexity index is 1200. The van der Waals surface area contributed by atoms with Gasteiger partial charge in [-0.05, 0) is 74.2 Å². The predicted octanol–water partition coefficient (Wildman–Crippen LogP) is -0.260. The average molecular weight is 706 g/mol. The quantitative estimate of drug-likeness (QED) is 0.0221. The number of guanidine groups is 1. The van der Waals surface area contributed by atoms with Crippen molar-refractivity contribution in [2.45, 2.75) is 82.6 Å². The summed E-state index contributed by atoms with van der Waals surface area (Å²) in [6, 6.07) is -3.75. The Balaban J connectivity index is 2.15. The Hall–Kier alpha value is -2.52. The molecule has 0 aliphatic carbocycles. The zero-order valence-corrected chi connectivity index (χ0v) is 29.6. The Kier molecular flexibility index (Phi) is 16.5. The molecule has 2 heterocycles. The summed E-state index contributed by atoms with van der Waals surface area (Å²) in [6.45, 7) is 2.47. The van der Waals surface area contributed by atoms with Crippen LogP contribution in [0.1, 0.15) is 52.4 Å². The molecule has 0 aromatic rings. The summed E-state index contributed by atoms with van der Waals surface area (Å²) in [5.41, 5.74) is 14.5. The van der Waals surface area contributed by atoms with E-state index < -0.39 is 61.7 Å². The van der Waals surface area contributed by atoms with Gasteiger partial charge >= 0.3 is 0 Å². The first kappa shape index (κ1) is 38.7. The number of piperidine rings is 1. The molecule has 21 heteroatoms. The normalized spacial score (nSPS) is 22.5. The van der Waals surface area contributed by atoms with Gasteiger partial charge in [-0.25, -0.2) is 0 Å². The van der Waals surface area contributed by atoms with Crippen LogP contribution in [-0.2, 0) is 28.8 Å². The number of aliphatic imine (C=N–C) groups is 1. The first-order chi connectivity index (χ1) is 21.3. The molecular formula is C24H43N11O6P4. The number of Topliss-reactive ketones (excluding diaryl/α,β-unsaturated/α-hetero) is 2. The maximum absolute atomic E-state index is 13.7. The van der Waals surface area contributed by atoms with Gasteiger partial charge in [-0.1, -0.05) is 23.0 Å². The third-order valence-corrected chi connectivity index (χ3v) is 9.26. The van der Waals surface area contributed by atoms with E-state index in [1.807, 2.05) is 0 Å². The van der Waals surface area contributed by atoms with Crippen molar-refractivity contribution in [1.82, 2.24) is 31.0 Å². The van der Waals surface area contributed by atoms with Crippen LogP contribution in [0.2, 0.25) is 0 Å². The van der Waals surface area contributed by atoms with Gasteiger partial charge in [0, 0.05) is 30.5 Å². The van der Waals surface area contributed by atoms with E-state index in [2.05, 4.69) is 68.4 Å². The Labute approximate surface area is 269 Å². The molecule has 0 spiro atoms. The molecule has 7 N–H and O–H groups in total. The summed E-state index contributed by atoms with van der Waals surface area (Å²) >= 11 is 0. The fraction of sp³-hybridized carbons (Fsp3) is 0.708. The molecule has 2 rings (SSSR count). The molecule has 2 aliphatic heterocycles. The molecule has 2 saturated heterocycles. The molecule has 45 heavy (non-hydrogen) atoms. The number of hydrogen-bond donors (Lipinski definition) is 6. The number of fused-ring (bicyclic) bond motifs is 1. The fourth-order valence-electron chi connectivity index (χ4n) is 5.39. The highest BCUT2D eigenvalue weighted by Gasteiger charge is 2.49. The molecule has 0 aromatic heterocycles. The van der Waals surface area contributed by atoms with E-state index in [9.17, 15) is 28.8 Å². The number of nitrogens with one attached hydrogen (secondary N) is 5. The molecule has 3 unspecified atom stereocenters. The van der Waals surface area contributed by atoms with Crippen molar-refractivity contribution in [2.24, 2.45) is 21.8 Å². The van der Waals surface area contributed by atoms with Crippen LogP contribution in [0.4, 0.5) is 0 Å². The summed E-state index contributed by atoms with van der Waals surface area (Å²) in [4.78, 5) is 84.7. The average Bonchev–Trinajstić information content (AvgIpc) is 3.41. The number of carbonyl (C=O) groups excluding carboxylic acids is 6. The predicted molar refractivity (Wildman–Crippen MR) is 180 cm³/mol. The minimum Gasteiger partial charge on any atom is -0.370 e. The van der Waals surface area contributed by atoms with Gasteiger partial charge in [0.2, 0.25) is 23.6 Å². The topological polar surface area (TPSA) is 253 Å². The van der Waals surface area contributed by atoms with Crippen molar-refractivity contribution in [3.05, 3.63) is 10.4 Å². The monoisotopic (exact) mass is 705 g/mol. The van der Waals surface area contributed by atoms with Crippen LogP contribution in [0.5, 0.6) is 0 Å². The van der Waals surface area contributed by atoms with Gasteiger partial charge < -0.3 is 31.7 Å². The molecule has 4 amide bonds. The minimum atomic E-state index is -1.07. The molecule has 0 radical (unpaired) electrons. The van der Waals surface area contributed by atoms with Crippen LogP contribution >= 0.6 is 34.7 Å². The van der Waals surface area contributed by atoms with Gasteiger partial charge in [0.05, 0.1) is 18.6 Å². The van der Waals surface area contributed by atoms with E-state index in [-0.39, 0.29) is 55.5 Å². The van der Waals surface area contributed by atoms with Crippen molar-refractivity contribution >= 4 is 75.9 Å². The van der Waals surface area contributed by atoms with E-state index in [0.29, 0.717) is 25.7 Å². The zero-order valence-electron chi connectivity index (χ0n) is 25.3. The number of hydrogen-bond acceptors (Lipinski definition) is 9. The summed E-state index contributed by atoms with van der Waals surface area (Å²) in [6.07, 6.45) is 1.86. The summed E-state index contributed by atoms with van der Waals surface area (Å²) in [5, 5.41) is 17.2. The fourth-order valence-corrected chi connectivity index (χ4v) is 7.09. The highest BCUT2D eigenvalue weighted by molar-refractivity contribution is 8.42. The first-order valence-corrected chi connectivity index (χ1v) is 19.5. The number of ketones is 2. The number of amides is 4. The molecule has 9 atom stereocenters. The van der Waals surface area contributed by atoms with E-state index in [4.69, 9.17) is 11.3 Å². The van der Waals surface area contributed by atoms with Gasteiger partial charge in [-0.15, -0.1) is 0 Å². The highest BCUT2D eigenvalue weighted by atomic mass is 32.4. The van der Waals surface area contributed by atoms with Crippen LogP contribution in [0.25, 0.3) is 10.4 Å². The molecule has 2 aliphatic rings. The SMILES string of the molecule is CC(=O)C[C@H](NC(=O)CNC(=O)[C@H](CCCN=C(N)NP)NC(=O)[C@@H]1CC[C@H]2C[C@@H](CN=[N+]=[N-])[C@@H](NP(P)P)C(=O)N21)C(C)=O. The lowest BCUT2D eigenvalue weighted by Gasteiger charge is -2.42. The smallest absolute Gasteiger partial charge is 0.243 e. The van der Waals surface area contributed by atoms with Gasteiger partial charge in [-0.3, -0.25) is 38.8 Å². The second-order valence-electron chi connectivity index (χ2n) is 10.9. The third-order valence-electron chi connectivity index (χ3n) is 7.49. The van der Waals surface area contributed by atoms with Crippen molar-refractivity contribution < 1.29 is 28.8 Å².